The fourth-order valence-electron chi connectivity index (χ4n) is 5.79. The molecule has 0 bridgehead atoms. The molecular formula is C33H58O13. The largest absolute Gasteiger partial charge is 0.463 e. The highest BCUT2D eigenvalue weighted by Gasteiger charge is 2.51. The van der Waals surface area contributed by atoms with E-state index in [4.69, 9.17) is 23.7 Å². The van der Waals surface area contributed by atoms with E-state index in [-0.39, 0.29) is 18.4 Å². The molecule has 2 aliphatic heterocycles. The van der Waals surface area contributed by atoms with Gasteiger partial charge >= 0.3 is 11.9 Å². The van der Waals surface area contributed by atoms with Crippen LogP contribution in [0.15, 0.2) is 12.2 Å². The van der Waals surface area contributed by atoms with Gasteiger partial charge in [-0.25, -0.2) is 0 Å². The number of carbonyl (C=O) groups excluding carboxylic acids is 2. The lowest BCUT2D eigenvalue weighted by molar-refractivity contribution is -0.341. The smallest absolute Gasteiger partial charge is 0.306 e. The van der Waals surface area contributed by atoms with Gasteiger partial charge in [0.15, 0.2) is 12.4 Å². The maximum atomic E-state index is 12.7. The molecule has 46 heavy (non-hydrogen) atoms. The van der Waals surface area contributed by atoms with Crippen LogP contribution in [0, 0.1) is 5.92 Å². The molecular weight excluding hydrogens is 604 g/mol. The lowest BCUT2D eigenvalue weighted by Gasteiger charge is -2.46. The van der Waals surface area contributed by atoms with Gasteiger partial charge in [0, 0.05) is 19.3 Å². The average molecular weight is 663 g/mol. The Morgan fingerprint density at radius 2 is 1.54 bits per heavy atom. The first-order chi connectivity index (χ1) is 21.9. The van der Waals surface area contributed by atoms with Crippen LogP contribution >= 0.6 is 0 Å². The first kappa shape index (κ1) is 40.5. The molecule has 13 nitrogen and oxygen atoms in total. The molecule has 0 aromatic rings. The van der Waals surface area contributed by atoms with Crippen molar-refractivity contribution >= 4 is 11.9 Å². The molecule has 2 fully saturated rings. The molecule has 6 unspecified atom stereocenters. The molecule has 6 N–H and O–H groups in total. The Balaban J connectivity index is 1.82. The van der Waals surface area contributed by atoms with E-state index in [2.05, 4.69) is 19.1 Å². The molecule has 0 amide bonds. The number of esters is 2. The van der Waals surface area contributed by atoms with Gasteiger partial charge in [0.25, 0.3) is 0 Å². The van der Waals surface area contributed by atoms with Gasteiger partial charge in [-0.15, -0.1) is 0 Å². The van der Waals surface area contributed by atoms with Crippen molar-refractivity contribution in [1.82, 2.24) is 0 Å². The molecule has 0 aromatic carbocycles. The molecule has 2 aliphatic rings. The van der Waals surface area contributed by atoms with Gasteiger partial charge in [0.2, 0.25) is 0 Å². The SMILES string of the molecule is CCCCCC(/C=C/CCCCCCCC(=O)O[C@@H]1C(COC(C)=O)O[C@@H](OC2[C@H](C)OC(CO)[C@@H](O)[C@@H]2O)C(O)[C@H]1O)C(C)O. The quantitative estimate of drug-likeness (QED) is 0.0625. The normalized spacial score (nSPS) is 33.1. The molecule has 12 atom stereocenters. The van der Waals surface area contributed by atoms with E-state index in [1.807, 2.05) is 6.92 Å². The van der Waals surface area contributed by atoms with E-state index in [9.17, 15) is 40.2 Å². The van der Waals surface area contributed by atoms with Gasteiger partial charge in [0.1, 0.15) is 49.3 Å². The number of rotatable bonds is 20. The maximum absolute atomic E-state index is 12.7. The van der Waals surface area contributed by atoms with E-state index in [1.165, 1.54) is 20.3 Å². The summed E-state index contributed by atoms with van der Waals surface area (Å²) in [4.78, 5) is 24.2. The molecule has 0 aromatic heterocycles. The van der Waals surface area contributed by atoms with Crippen LogP contribution in [0.4, 0.5) is 0 Å². The fraction of sp³-hybridized carbons (Fsp3) is 0.879. The monoisotopic (exact) mass is 662 g/mol. The van der Waals surface area contributed by atoms with Crippen LogP contribution in [0.25, 0.3) is 0 Å². The van der Waals surface area contributed by atoms with Gasteiger partial charge in [0.05, 0.1) is 18.8 Å². The van der Waals surface area contributed by atoms with Crippen molar-refractivity contribution in [3.8, 4) is 0 Å². The van der Waals surface area contributed by atoms with Crippen molar-refractivity contribution in [2.45, 2.75) is 166 Å². The summed E-state index contributed by atoms with van der Waals surface area (Å²) in [6.45, 7) is 5.78. The van der Waals surface area contributed by atoms with E-state index in [0.717, 1.165) is 51.4 Å². The second-order valence-corrected chi connectivity index (χ2v) is 12.6. The Morgan fingerprint density at radius 3 is 2.20 bits per heavy atom. The van der Waals surface area contributed by atoms with E-state index < -0.39 is 86.4 Å². The highest BCUT2D eigenvalue weighted by Crippen LogP contribution is 2.30. The summed E-state index contributed by atoms with van der Waals surface area (Å²) in [5.74, 6) is -1.05. The summed E-state index contributed by atoms with van der Waals surface area (Å²) < 4.78 is 27.5. The number of ether oxygens (including phenoxy) is 5. The van der Waals surface area contributed by atoms with Crippen molar-refractivity contribution in [3.05, 3.63) is 12.2 Å². The number of unbranched alkanes of at least 4 members (excludes halogenated alkanes) is 7. The zero-order valence-electron chi connectivity index (χ0n) is 27.8. The predicted octanol–water partition coefficient (Wildman–Crippen LogP) is 1.66. The summed E-state index contributed by atoms with van der Waals surface area (Å²) >= 11 is 0. The minimum Gasteiger partial charge on any atom is -0.463 e. The zero-order chi connectivity index (χ0) is 34.2. The molecule has 268 valence electrons. The summed E-state index contributed by atoms with van der Waals surface area (Å²) in [6.07, 6.45) is 0.138. The van der Waals surface area contributed by atoms with Crippen molar-refractivity contribution < 1.29 is 63.9 Å². The molecule has 0 spiro atoms. The van der Waals surface area contributed by atoms with Crippen molar-refractivity contribution in [3.63, 3.8) is 0 Å². The number of hydrogen-bond acceptors (Lipinski definition) is 13. The van der Waals surface area contributed by atoms with E-state index in [1.54, 1.807) is 0 Å². The van der Waals surface area contributed by atoms with Gasteiger partial charge in [-0.2, -0.15) is 0 Å². The van der Waals surface area contributed by atoms with Crippen LogP contribution in [0.3, 0.4) is 0 Å². The van der Waals surface area contributed by atoms with Crippen molar-refractivity contribution in [2.24, 2.45) is 5.92 Å². The maximum Gasteiger partial charge on any atom is 0.306 e. The average Bonchev–Trinajstić information content (AvgIpc) is 3.01. The molecule has 0 radical (unpaired) electrons. The Kier molecular flexibility index (Phi) is 18.8. The van der Waals surface area contributed by atoms with Crippen LogP contribution in [0.5, 0.6) is 0 Å². The topological polar surface area (TPSA) is 202 Å². The molecule has 2 rings (SSSR count). The number of aliphatic hydroxyl groups excluding tert-OH is 6. The van der Waals surface area contributed by atoms with Crippen LogP contribution in [-0.4, -0.2) is 123 Å². The first-order valence-electron chi connectivity index (χ1n) is 16.9. The van der Waals surface area contributed by atoms with E-state index in [0.29, 0.717) is 6.42 Å². The van der Waals surface area contributed by atoms with Crippen LogP contribution < -0.4 is 0 Å². The highest BCUT2D eigenvalue weighted by molar-refractivity contribution is 5.69. The standard InChI is InChI=1S/C33H58O13/c1-5-6-12-15-23(20(2)35)16-13-10-8-7-9-11-14-17-26(37)45-32-25(19-42-22(4)36)44-33(30(41)29(32)40)46-31-21(3)43-24(18-34)27(38)28(31)39/h13,16,20-21,23-25,27-35,38-41H,5-12,14-15,17-19H2,1-4H3/b16-13+/t20?,21-,23?,24?,25?,27+,28-,29+,30?,31?,32+,33-/m0/s1. The first-order valence-corrected chi connectivity index (χ1v) is 16.9. The van der Waals surface area contributed by atoms with Crippen LogP contribution in [0.1, 0.15) is 98.3 Å². The second-order valence-electron chi connectivity index (χ2n) is 12.6. The third-order valence-electron chi connectivity index (χ3n) is 8.65. The third-order valence-corrected chi connectivity index (χ3v) is 8.65. The van der Waals surface area contributed by atoms with Gasteiger partial charge in [-0.1, -0.05) is 57.6 Å². The predicted molar refractivity (Wildman–Crippen MR) is 166 cm³/mol. The fourth-order valence-corrected chi connectivity index (χ4v) is 5.79. The van der Waals surface area contributed by atoms with Crippen molar-refractivity contribution in [2.75, 3.05) is 13.2 Å². The lowest BCUT2D eigenvalue weighted by atomic mass is 9.95. The van der Waals surface area contributed by atoms with Crippen molar-refractivity contribution in [1.29, 1.82) is 0 Å². The van der Waals surface area contributed by atoms with E-state index >= 15 is 0 Å². The number of allylic oxidation sites excluding steroid dienone is 1. The molecule has 0 aliphatic carbocycles. The number of carbonyl (C=O) groups is 2. The molecule has 2 saturated heterocycles. The minimum absolute atomic E-state index is 0.0836. The number of aliphatic hydroxyl groups is 6. The molecule has 0 saturated carbocycles. The minimum atomic E-state index is -1.72. The van der Waals surface area contributed by atoms with Crippen LogP contribution in [-0.2, 0) is 33.3 Å². The Labute approximate surface area is 272 Å². The summed E-state index contributed by atoms with van der Waals surface area (Å²) in [5, 5.41) is 61.8. The zero-order valence-corrected chi connectivity index (χ0v) is 27.8. The van der Waals surface area contributed by atoms with Gasteiger partial charge in [-0.05, 0) is 39.5 Å². The summed E-state index contributed by atoms with van der Waals surface area (Å²) in [5.41, 5.74) is 0. The summed E-state index contributed by atoms with van der Waals surface area (Å²) in [6, 6.07) is 0. The Morgan fingerprint density at radius 1 is 0.870 bits per heavy atom. The molecule has 13 heteroatoms. The van der Waals surface area contributed by atoms with Gasteiger partial charge in [-0.3, -0.25) is 9.59 Å². The van der Waals surface area contributed by atoms with Gasteiger partial charge < -0.3 is 54.3 Å². The Hall–Kier alpha value is -1.68. The molecule has 2 heterocycles. The lowest BCUT2D eigenvalue weighted by Crippen LogP contribution is -2.64. The summed E-state index contributed by atoms with van der Waals surface area (Å²) in [7, 11) is 0. The van der Waals surface area contributed by atoms with Crippen LogP contribution in [0.2, 0.25) is 0 Å². The second kappa shape index (κ2) is 21.3. The highest BCUT2D eigenvalue weighted by atomic mass is 16.7. The Bertz CT molecular complexity index is 899. The number of hydrogen-bond donors (Lipinski definition) is 6. The third kappa shape index (κ3) is 13.1.